The summed E-state index contributed by atoms with van der Waals surface area (Å²) >= 11 is 0. The molecule has 0 spiro atoms. The molecule has 0 bridgehead atoms. The highest BCUT2D eigenvalue weighted by atomic mass is 17.2. The molecule has 0 aromatic heterocycles. The van der Waals surface area contributed by atoms with Crippen molar-refractivity contribution in [3.8, 4) is 11.8 Å². The lowest BCUT2D eigenvalue weighted by Crippen LogP contribution is -2.48. The Labute approximate surface area is 160 Å². The fourth-order valence-electron chi connectivity index (χ4n) is 3.44. The van der Waals surface area contributed by atoms with Crippen LogP contribution < -0.4 is 0 Å². The summed E-state index contributed by atoms with van der Waals surface area (Å²) in [7, 11) is 0. The Morgan fingerprint density at radius 3 is 2.31 bits per heavy atom. The van der Waals surface area contributed by atoms with E-state index in [2.05, 4.69) is 32.6 Å². The average molecular weight is 367 g/mol. The maximum Gasteiger partial charge on any atom is 0.304 e. The van der Waals surface area contributed by atoms with Gasteiger partial charge >= 0.3 is 5.97 Å². The Hall–Kier alpha value is -1.05. The summed E-state index contributed by atoms with van der Waals surface area (Å²) in [5.74, 6) is 7.33. The SMILES string of the molecule is CCC(C)(C)OOC(C)(C)C#CC1(OC(C)=O)CC(C)CCC1C(C)C. The van der Waals surface area contributed by atoms with Crippen LogP contribution >= 0.6 is 0 Å². The Morgan fingerprint density at radius 1 is 1.19 bits per heavy atom. The standard InChI is InChI=1S/C22H38O4/c1-10-20(6,7)25-26-21(8,9)13-14-22(24-18(5)23)15-17(4)11-12-19(22)16(2)3/h16-17,19H,10-12,15H2,1-9H3. The Kier molecular flexibility index (Phi) is 7.74. The first kappa shape index (κ1) is 23.0. The van der Waals surface area contributed by atoms with E-state index in [1.165, 1.54) is 6.92 Å². The van der Waals surface area contributed by atoms with Gasteiger partial charge in [0.2, 0.25) is 0 Å². The van der Waals surface area contributed by atoms with Crippen LogP contribution in [0.5, 0.6) is 0 Å². The quantitative estimate of drug-likeness (QED) is 0.277. The van der Waals surface area contributed by atoms with Crippen molar-refractivity contribution in [2.45, 2.75) is 105 Å². The normalized spacial score (nSPS) is 27.0. The number of rotatable bonds is 6. The van der Waals surface area contributed by atoms with E-state index >= 15 is 0 Å². The van der Waals surface area contributed by atoms with Gasteiger partial charge in [-0.2, -0.15) is 0 Å². The molecule has 26 heavy (non-hydrogen) atoms. The largest absolute Gasteiger partial charge is 0.446 e. The zero-order chi connectivity index (χ0) is 20.2. The first-order valence-corrected chi connectivity index (χ1v) is 9.93. The number of ether oxygens (including phenoxy) is 1. The molecule has 150 valence electrons. The minimum Gasteiger partial charge on any atom is -0.446 e. The van der Waals surface area contributed by atoms with Gasteiger partial charge in [-0.25, -0.2) is 9.78 Å². The van der Waals surface area contributed by atoms with Crippen molar-refractivity contribution in [2.24, 2.45) is 17.8 Å². The van der Waals surface area contributed by atoms with Gasteiger partial charge in [-0.15, -0.1) is 0 Å². The molecule has 0 aromatic rings. The van der Waals surface area contributed by atoms with Crippen LogP contribution in [0.3, 0.4) is 0 Å². The Morgan fingerprint density at radius 2 is 1.81 bits per heavy atom. The topological polar surface area (TPSA) is 44.8 Å². The van der Waals surface area contributed by atoms with Crippen LogP contribution in [0, 0.1) is 29.6 Å². The van der Waals surface area contributed by atoms with E-state index in [4.69, 9.17) is 14.5 Å². The lowest BCUT2D eigenvalue weighted by Gasteiger charge is -2.44. The zero-order valence-electron chi connectivity index (χ0n) is 18.2. The molecular formula is C22H38O4. The Bertz CT molecular complexity index is 538. The first-order valence-electron chi connectivity index (χ1n) is 9.93. The smallest absolute Gasteiger partial charge is 0.304 e. The van der Waals surface area contributed by atoms with Crippen LogP contribution in [0.25, 0.3) is 0 Å². The van der Waals surface area contributed by atoms with E-state index in [9.17, 15) is 4.79 Å². The molecule has 0 aromatic carbocycles. The highest BCUT2D eigenvalue weighted by molar-refractivity contribution is 5.67. The molecule has 0 radical (unpaired) electrons. The third-order valence-corrected chi connectivity index (χ3v) is 5.25. The van der Waals surface area contributed by atoms with Gasteiger partial charge in [-0.1, -0.05) is 46.0 Å². The number of hydrogen-bond acceptors (Lipinski definition) is 4. The highest BCUT2D eigenvalue weighted by Crippen LogP contribution is 2.43. The van der Waals surface area contributed by atoms with Gasteiger partial charge in [-0.05, 0) is 52.4 Å². The predicted molar refractivity (Wildman–Crippen MR) is 104 cm³/mol. The van der Waals surface area contributed by atoms with Crippen molar-refractivity contribution in [3.63, 3.8) is 0 Å². The van der Waals surface area contributed by atoms with E-state index in [0.717, 1.165) is 25.7 Å². The second-order valence-corrected chi connectivity index (χ2v) is 9.26. The van der Waals surface area contributed by atoms with Crippen molar-refractivity contribution in [1.29, 1.82) is 0 Å². The molecule has 1 rings (SSSR count). The van der Waals surface area contributed by atoms with E-state index in [0.29, 0.717) is 11.8 Å². The highest BCUT2D eigenvalue weighted by Gasteiger charge is 2.46. The molecule has 1 aliphatic rings. The fourth-order valence-corrected chi connectivity index (χ4v) is 3.44. The first-order chi connectivity index (χ1) is 11.8. The number of carbonyl (C=O) groups is 1. The molecule has 1 saturated carbocycles. The van der Waals surface area contributed by atoms with E-state index in [-0.39, 0.29) is 17.5 Å². The third-order valence-electron chi connectivity index (χ3n) is 5.25. The van der Waals surface area contributed by atoms with Gasteiger partial charge in [0.15, 0.2) is 11.2 Å². The monoisotopic (exact) mass is 366 g/mol. The summed E-state index contributed by atoms with van der Waals surface area (Å²) < 4.78 is 5.88. The van der Waals surface area contributed by atoms with E-state index in [1.807, 2.05) is 34.6 Å². The molecule has 0 N–H and O–H groups in total. The number of esters is 1. The molecule has 0 saturated heterocycles. The van der Waals surface area contributed by atoms with Crippen LogP contribution in [-0.2, 0) is 19.3 Å². The second-order valence-electron chi connectivity index (χ2n) is 9.26. The van der Waals surface area contributed by atoms with Gasteiger partial charge in [0.1, 0.15) is 0 Å². The predicted octanol–water partition coefficient (Wildman–Crippen LogP) is 5.30. The van der Waals surface area contributed by atoms with Crippen LogP contribution in [0.2, 0.25) is 0 Å². The number of hydrogen-bond donors (Lipinski definition) is 0. The van der Waals surface area contributed by atoms with Crippen LogP contribution in [0.15, 0.2) is 0 Å². The van der Waals surface area contributed by atoms with Gasteiger partial charge in [0.05, 0.1) is 5.60 Å². The summed E-state index contributed by atoms with van der Waals surface area (Å²) in [4.78, 5) is 23.1. The molecule has 0 heterocycles. The second kappa shape index (κ2) is 8.76. The molecule has 4 heteroatoms. The van der Waals surface area contributed by atoms with Crippen molar-refractivity contribution < 1.29 is 19.3 Å². The van der Waals surface area contributed by atoms with Crippen molar-refractivity contribution >= 4 is 5.97 Å². The van der Waals surface area contributed by atoms with Gasteiger partial charge in [0, 0.05) is 19.3 Å². The van der Waals surface area contributed by atoms with Crippen molar-refractivity contribution in [2.75, 3.05) is 0 Å². The lowest BCUT2D eigenvalue weighted by atomic mass is 9.67. The molecule has 3 unspecified atom stereocenters. The third kappa shape index (κ3) is 6.59. The fraction of sp³-hybridized carbons (Fsp3) is 0.864. The van der Waals surface area contributed by atoms with E-state index < -0.39 is 11.2 Å². The zero-order valence-corrected chi connectivity index (χ0v) is 18.2. The molecule has 1 aliphatic carbocycles. The summed E-state index contributed by atoms with van der Waals surface area (Å²) in [6.45, 7) is 17.8. The molecule has 1 fully saturated rings. The van der Waals surface area contributed by atoms with Crippen molar-refractivity contribution in [1.82, 2.24) is 0 Å². The average Bonchev–Trinajstić information content (AvgIpc) is 2.51. The molecule has 3 atom stereocenters. The lowest BCUT2D eigenvalue weighted by molar-refractivity contribution is -0.388. The molecule has 0 amide bonds. The van der Waals surface area contributed by atoms with Gasteiger partial charge < -0.3 is 4.74 Å². The van der Waals surface area contributed by atoms with Crippen molar-refractivity contribution in [3.05, 3.63) is 0 Å². The van der Waals surface area contributed by atoms with Crippen LogP contribution in [-0.4, -0.2) is 22.8 Å². The van der Waals surface area contributed by atoms with Gasteiger partial charge in [0.25, 0.3) is 0 Å². The maximum atomic E-state index is 11.9. The number of carbonyl (C=O) groups excluding carboxylic acids is 1. The molecule has 0 aliphatic heterocycles. The summed E-state index contributed by atoms with van der Waals surface area (Å²) in [6, 6.07) is 0. The van der Waals surface area contributed by atoms with Gasteiger partial charge in [-0.3, -0.25) is 4.79 Å². The summed E-state index contributed by atoms with van der Waals surface area (Å²) in [5.41, 5.74) is -1.91. The minimum atomic E-state index is -0.790. The summed E-state index contributed by atoms with van der Waals surface area (Å²) in [5, 5.41) is 0. The van der Waals surface area contributed by atoms with E-state index in [1.54, 1.807) is 0 Å². The molecular weight excluding hydrogens is 328 g/mol. The minimum absolute atomic E-state index is 0.221. The Balaban J connectivity index is 3.13. The summed E-state index contributed by atoms with van der Waals surface area (Å²) in [6.07, 6.45) is 3.75. The van der Waals surface area contributed by atoms with Crippen LogP contribution in [0.4, 0.5) is 0 Å². The van der Waals surface area contributed by atoms with Crippen LogP contribution in [0.1, 0.15) is 88.0 Å². The maximum absolute atomic E-state index is 11.9. The molecule has 4 nitrogen and oxygen atoms in total.